The zero-order valence-corrected chi connectivity index (χ0v) is 14.6. The summed E-state index contributed by atoms with van der Waals surface area (Å²) >= 11 is 0. The largest absolute Gasteiger partial charge is 0.378 e. The zero-order valence-electron chi connectivity index (χ0n) is 14.6. The highest BCUT2D eigenvalue weighted by Gasteiger charge is 2.37. The smallest absolute Gasteiger partial charge is 0.245 e. The summed E-state index contributed by atoms with van der Waals surface area (Å²) in [7, 11) is 0. The van der Waals surface area contributed by atoms with E-state index in [-0.39, 0.29) is 29.6 Å². The number of rotatable bonds is 4. The lowest BCUT2D eigenvalue weighted by Crippen LogP contribution is -2.51. The number of likely N-dealkylation sites (tertiary alicyclic amines) is 1. The van der Waals surface area contributed by atoms with E-state index in [2.05, 4.69) is 0 Å². The van der Waals surface area contributed by atoms with Crippen molar-refractivity contribution in [2.75, 3.05) is 32.8 Å². The maximum atomic E-state index is 13.0. The highest BCUT2D eigenvalue weighted by Crippen LogP contribution is 2.25. The van der Waals surface area contributed by atoms with Crippen molar-refractivity contribution in [2.24, 2.45) is 0 Å². The Kier molecular flexibility index (Phi) is 5.68. The Morgan fingerprint density at radius 2 is 1.88 bits per heavy atom. The van der Waals surface area contributed by atoms with Crippen LogP contribution >= 0.6 is 0 Å². The minimum absolute atomic E-state index is 0.000865. The number of hydrogen-bond donors (Lipinski definition) is 0. The van der Waals surface area contributed by atoms with Crippen molar-refractivity contribution in [3.63, 3.8) is 0 Å². The fourth-order valence-corrected chi connectivity index (χ4v) is 3.60. The van der Waals surface area contributed by atoms with E-state index in [0.717, 1.165) is 18.4 Å². The molecule has 0 N–H and O–H groups in total. The number of hydrogen-bond acceptors (Lipinski definition) is 3. The van der Waals surface area contributed by atoms with E-state index < -0.39 is 0 Å². The maximum Gasteiger partial charge on any atom is 0.245 e. The molecular formula is C19H25FN2O3. The summed E-state index contributed by atoms with van der Waals surface area (Å²) < 4.78 is 18.3. The third-order valence-electron chi connectivity index (χ3n) is 5.10. The molecule has 2 heterocycles. The van der Waals surface area contributed by atoms with Crippen LogP contribution < -0.4 is 0 Å². The molecular weight excluding hydrogens is 323 g/mol. The first-order valence-electron chi connectivity index (χ1n) is 8.97. The molecule has 2 atom stereocenters. The van der Waals surface area contributed by atoms with Crippen LogP contribution in [0.5, 0.6) is 0 Å². The molecule has 0 aliphatic carbocycles. The van der Waals surface area contributed by atoms with Crippen LogP contribution in [0.1, 0.15) is 37.7 Å². The summed E-state index contributed by atoms with van der Waals surface area (Å²) in [6.45, 7) is 4.92. The molecule has 3 rings (SSSR count). The number of ether oxygens (including phenoxy) is 1. The van der Waals surface area contributed by atoms with E-state index in [0.29, 0.717) is 39.3 Å². The summed E-state index contributed by atoms with van der Waals surface area (Å²) in [4.78, 5) is 29.0. The predicted octanol–water partition coefficient (Wildman–Crippen LogP) is 2.17. The quantitative estimate of drug-likeness (QED) is 0.838. The van der Waals surface area contributed by atoms with Crippen molar-refractivity contribution in [1.29, 1.82) is 0 Å². The normalized spacial score (nSPS) is 22.1. The SMILES string of the molecule is CC(CC(=O)N1CCC[C@@H]1C(=O)N1CCOCC1)c1ccc(F)cc1. The Hall–Kier alpha value is -1.95. The van der Waals surface area contributed by atoms with Gasteiger partial charge in [0.2, 0.25) is 11.8 Å². The Bertz CT molecular complexity index is 614. The van der Waals surface area contributed by atoms with Gasteiger partial charge >= 0.3 is 0 Å². The third-order valence-corrected chi connectivity index (χ3v) is 5.10. The molecule has 136 valence electrons. The predicted molar refractivity (Wildman–Crippen MR) is 91.6 cm³/mol. The average molecular weight is 348 g/mol. The Morgan fingerprint density at radius 3 is 2.56 bits per heavy atom. The first kappa shape index (κ1) is 17.9. The molecule has 2 aliphatic rings. The summed E-state index contributed by atoms with van der Waals surface area (Å²) in [6.07, 6.45) is 1.92. The third kappa shape index (κ3) is 4.18. The van der Waals surface area contributed by atoms with Crippen molar-refractivity contribution in [1.82, 2.24) is 9.80 Å². The molecule has 2 aliphatic heterocycles. The van der Waals surface area contributed by atoms with Crippen molar-refractivity contribution in [3.05, 3.63) is 35.6 Å². The first-order valence-corrected chi connectivity index (χ1v) is 8.97. The van der Waals surface area contributed by atoms with E-state index >= 15 is 0 Å². The van der Waals surface area contributed by atoms with Gasteiger partial charge in [-0.25, -0.2) is 4.39 Å². The summed E-state index contributed by atoms with van der Waals surface area (Å²) in [5.74, 6) is -0.240. The average Bonchev–Trinajstić information content (AvgIpc) is 3.12. The van der Waals surface area contributed by atoms with Gasteiger partial charge in [0.15, 0.2) is 0 Å². The van der Waals surface area contributed by atoms with Gasteiger partial charge in [0.1, 0.15) is 11.9 Å². The summed E-state index contributed by atoms with van der Waals surface area (Å²) in [5, 5.41) is 0. The van der Waals surface area contributed by atoms with Gasteiger partial charge in [-0.05, 0) is 36.5 Å². The monoisotopic (exact) mass is 348 g/mol. The van der Waals surface area contributed by atoms with Crippen molar-refractivity contribution in [2.45, 2.75) is 38.1 Å². The number of carbonyl (C=O) groups excluding carboxylic acids is 2. The van der Waals surface area contributed by atoms with Gasteiger partial charge in [-0.15, -0.1) is 0 Å². The topological polar surface area (TPSA) is 49.9 Å². The molecule has 0 bridgehead atoms. The number of nitrogens with zero attached hydrogens (tertiary/aromatic N) is 2. The van der Waals surface area contributed by atoms with Gasteiger partial charge in [0.25, 0.3) is 0 Å². The van der Waals surface area contributed by atoms with Crippen molar-refractivity contribution in [3.8, 4) is 0 Å². The van der Waals surface area contributed by atoms with Crippen LogP contribution in [0, 0.1) is 5.82 Å². The summed E-state index contributed by atoms with van der Waals surface area (Å²) in [6, 6.07) is 5.92. The molecule has 0 saturated carbocycles. The fourth-order valence-electron chi connectivity index (χ4n) is 3.60. The second-order valence-electron chi connectivity index (χ2n) is 6.84. The van der Waals surface area contributed by atoms with Crippen LogP contribution in [0.2, 0.25) is 0 Å². The Balaban J connectivity index is 1.62. The minimum atomic E-state index is -0.342. The number of halogens is 1. The van der Waals surface area contributed by atoms with Crippen molar-refractivity contribution >= 4 is 11.8 Å². The number of carbonyl (C=O) groups is 2. The Morgan fingerprint density at radius 1 is 1.20 bits per heavy atom. The van der Waals surface area contributed by atoms with E-state index in [1.165, 1.54) is 12.1 Å². The molecule has 25 heavy (non-hydrogen) atoms. The van der Waals surface area contributed by atoms with Crippen LogP contribution in [-0.2, 0) is 14.3 Å². The molecule has 2 saturated heterocycles. The second-order valence-corrected chi connectivity index (χ2v) is 6.84. The van der Waals surface area contributed by atoms with Crippen LogP contribution in [-0.4, -0.2) is 60.5 Å². The molecule has 2 fully saturated rings. The van der Waals surface area contributed by atoms with E-state index in [1.54, 1.807) is 17.0 Å². The van der Waals surface area contributed by atoms with E-state index in [1.807, 2.05) is 11.8 Å². The van der Waals surface area contributed by atoms with Gasteiger partial charge < -0.3 is 14.5 Å². The lowest BCUT2D eigenvalue weighted by atomic mass is 9.97. The lowest BCUT2D eigenvalue weighted by Gasteiger charge is -2.33. The van der Waals surface area contributed by atoms with Crippen LogP contribution in [0.15, 0.2) is 24.3 Å². The van der Waals surface area contributed by atoms with Crippen LogP contribution in [0.3, 0.4) is 0 Å². The van der Waals surface area contributed by atoms with E-state index in [4.69, 9.17) is 4.74 Å². The van der Waals surface area contributed by atoms with Gasteiger partial charge in [-0.1, -0.05) is 19.1 Å². The number of amides is 2. The van der Waals surface area contributed by atoms with Crippen LogP contribution in [0.4, 0.5) is 4.39 Å². The standard InChI is InChI=1S/C19H25FN2O3/c1-14(15-4-6-16(20)7-5-15)13-18(23)22-8-2-3-17(22)19(24)21-9-11-25-12-10-21/h4-7,14,17H,2-3,8-13H2,1H3/t14?,17-/m1/s1. The number of benzene rings is 1. The molecule has 6 heteroatoms. The Labute approximate surface area is 147 Å². The minimum Gasteiger partial charge on any atom is -0.378 e. The second kappa shape index (κ2) is 7.95. The van der Waals surface area contributed by atoms with Crippen molar-refractivity contribution < 1.29 is 18.7 Å². The molecule has 5 nitrogen and oxygen atoms in total. The molecule has 0 aromatic heterocycles. The first-order chi connectivity index (χ1) is 12.1. The zero-order chi connectivity index (χ0) is 17.8. The van der Waals surface area contributed by atoms with Gasteiger partial charge in [-0.3, -0.25) is 9.59 Å². The van der Waals surface area contributed by atoms with Gasteiger partial charge in [-0.2, -0.15) is 0 Å². The van der Waals surface area contributed by atoms with Gasteiger partial charge in [0, 0.05) is 26.1 Å². The highest BCUT2D eigenvalue weighted by atomic mass is 19.1. The van der Waals surface area contributed by atoms with Gasteiger partial charge in [0.05, 0.1) is 13.2 Å². The van der Waals surface area contributed by atoms with E-state index in [9.17, 15) is 14.0 Å². The summed E-state index contributed by atoms with van der Waals surface area (Å²) in [5.41, 5.74) is 0.935. The molecule has 1 unspecified atom stereocenters. The maximum absolute atomic E-state index is 13.0. The molecule has 0 spiro atoms. The molecule has 0 radical (unpaired) electrons. The molecule has 2 amide bonds. The highest BCUT2D eigenvalue weighted by molar-refractivity contribution is 5.88. The number of morpholine rings is 1. The van der Waals surface area contributed by atoms with Crippen LogP contribution in [0.25, 0.3) is 0 Å². The molecule has 1 aromatic carbocycles. The molecule has 1 aromatic rings. The fraction of sp³-hybridized carbons (Fsp3) is 0.579. The lowest BCUT2D eigenvalue weighted by molar-refractivity contribution is -0.146.